The third kappa shape index (κ3) is 4.25. The Labute approximate surface area is 229 Å². The Kier molecular flexibility index (Phi) is 7.15. The van der Waals surface area contributed by atoms with Gasteiger partial charge in [-0.3, -0.25) is 9.48 Å². The van der Waals surface area contributed by atoms with Crippen LogP contribution in [0.15, 0.2) is 48.7 Å². The highest BCUT2D eigenvalue weighted by Gasteiger charge is 2.65. The molecule has 2 aliphatic heterocycles. The zero-order chi connectivity index (χ0) is 27.2. The van der Waals surface area contributed by atoms with Gasteiger partial charge in [0.25, 0.3) is 5.91 Å². The zero-order valence-corrected chi connectivity index (χ0v) is 24.3. The molecule has 0 bridgehead atoms. The maximum absolute atomic E-state index is 14.0. The van der Waals surface area contributed by atoms with E-state index in [1.807, 2.05) is 43.6 Å². The molecule has 3 aromatic rings. The van der Waals surface area contributed by atoms with Crippen LogP contribution in [0.4, 0.5) is 5.69 Å². The van der Waals surface area contributed by atoms with Gasteiger partial charge in [0, 0.05) is 49.3 Å². The number of nitrogens with zero attached hydrogens (tertiary/aromatic N) is 4. The molecule has 2 aliphatic rings. The van der Waals surface area contributed by atoms with E-state index in [0.717, 1.165) is 22.7 Å². The first-order chi connectivity index (χ1) is 18.1. The number of aryl methyl sites for hydroxylation is 1. The molecule has 10 heteroatoms. The van der Waals surface area contributed by atoms with E-state index in [2.05, 4.69) is 42.5 Å². The zero-order valence-electron chi connectivity index (χ0n) is 22.5. The molecule has 1 amide bonds. The number of aliphatic hydroxyl groups excluding tert-OH is 1. The molecule has 0 saturated carbocycles. The molecule has 0 aliphatic carbocycles. The molecule has 1 aromatic heterocycles. The molecule has 38 heavy (non-hydrogen) atoms. The van der Waals surface area contributed by atoms with E-state index in [0.29, 0.717) is 24.4 Å². The summed E-state index contributed by atoms with van der Waals surface area (Å²) in [5.41, 5.74) is 1.50. The molecular formula is C28H35ClN4O4Si. The van der Waals surface area contributed by atoms with Gasteiger partial charge < -0.3 is 19.5 Å². The topological polar surface area (TPSA) is 89.7 Å². The number of carbonyl (C=O) groups excluding carboxylic acids is 1. The predicted molar refractivity (Wildman–Crippen MR) is 150 cm³/mol. The van der Waals surface area contributed by atoms with Gasteiger partial charge in [0.05, 0.1) is 32.7 Å². The maximum Gasteiger partial charge on any atom is 0.264 e. The first-order valence-electron chi connectivity index (χ1n) is 13.0. The molecule has 1 saturated heterocycles. The fourth-order valence-electron chi connectivity index (χ4n) is 6.60. The number of hydrogen-bond donors (Lipinski definition) is 1. The van der Waals surface area contributed by atoms with Crippen LogP contribution in [0.2, 0.25) is 23.7 Å². The molecule has 2 aromatic carbocycles. The van der Waals surface area contributed by atoms with Crippen molar-refractivity contribution in [1.82, 2.24) is 15.0 Å². The number of amides is 1. The van der Waals surface area contributed by atoms with Crippen LogP contribution < -0.4 is 14.8 Å². The van der Waals surface area contributed by atoms with Crippen molar-refractivity contribution in [3.05, 3.63) is 64.9 Å². The highest BCUT2D eigenvalue weighted by atomic mass is 35.5. The molecular weight excluding hydrogens is 520 g/mol. The van der Waals surface area contributed by atoms with Crippen LogP contribution >= 0.6 is 11.6 Å². The number of rotatable bonds is 8. The van der Waals surface area contributed by atoms with Crippen LogP contribution in [-0.4, -0.2) is 60.9 Å². The van der Waals surface area contributed by atoms with Gasteiger partial charge in [0.15, 0.2) is 5.60 Å². The number of methoxy groups -OCH3 is 1. The minimum absolute atomic E-state index is 0.0335. The Morgan fingerprint density at radius 2 is 1.95 bits per heavy atom. The quantitative estimate of drug-likeness (QED) is 0.426. The van der Waals surface area contributed by atoms with Crippen LogP contribution in [0, 0.1) is 5.92 Å². The maximum atomic E-state index is 14.0. The van der Waals surface area contributed by atoms with Crippen molar-refractivity contribution in [2.24, 2.45) is 5.92 Å². The Balaban J connectivity index is 1.55. The number of aliphatic hydroxyl groups is 1. The highest BCUT2D eigenvalue weighted by molar-refractivity contribution is 6.91. The molecule has 1 N–H and O–H groups in total. The Morgan fingerprint density at radius 1 is 1.21 bits per heavy atom. The molecule has 0 unspecified atom stereocenters. The minimum Gasteiger partial charge on any atom is -0.497 e. The summed E-state index contributed by atoms with van der Waals surface area (Å²) >= 11 is 6.46. The fourth-order valence-corrected chi connectivity index (χ4v) is 10.8. The number of halogens is 1. The van der Waals surface area contributed by atoms with Crippen LogP contribution in [0.25, 0.3) is 0 Å². The van der Waals surface area contributed by atoms with Gasteiger partial charge in [0.1, 0.15) is 5.75 Å². The largest absolute Gasteiger partial charge is 0.497 e. The van der Waals surface area contributed by atoms with Gasteiger partial charge in [-0.05, 0) is 42.3 Å². The number of aromatic nitrogens is 3. The van der Waals surface area contributed by atoms with Crippen molar-refractivity contribution in [2.45, 2.75) is 56.7 Å². The monoisotopic (exact) mass is 554 g/mol. The van der Waals surface area contributed by atoms with Crippen molar-refractivity contribution in [3.63, 3.8) is 0 Å². The first kappa shape index (κ1) is 26.9. The van der Waals surface area contributed by atoms with Gasteiger partial charge in [-0.25, -0.2) is 0 Å². The molecule has 4 atom stereocenters. The number of fused-ring (bicyclic) bond motifs is 2. The second-order valence-corrected chi connectivity index (χ2v) is 16.0. The first-order valence-corrected chi connectivity index (χ1v) is 16.5. The Hall–Kier alpha value is -2.72. The van der Waals surface area contributed by atoms with Crippen molar-refractivity contribution in [1.29, 1.82) is 0 Å². The van der Waals surface area contributed by atoms with Crippen molar-refractivity contribution >= 4 is 36.5 Å². The molecule has 1 fully saturated rings. The summed E-state index contributed by atoms with van der Waals surface area (Å²) in [7, 11) is 1.29. The van der Waals surface area contributed by atoms with Gasteiger partial charge >= 0.3 is 0 Å². The summed E-state index contributed by atoms with van der Waals surface area (Å²) in [4.78, 5) is 15.7. The number of likely N-dealkylation sites (N-methyl/N-ethyl adjacent to an activating group) is 1. The summed E-state index contributed by atoms with van der Waals surface area (Å²) in [5.74, 6) is 0.704. The van der Waals surface area contributed by atoms with Crippen LogP contribution in [-0.2, 0) is 28.1 Å². The molecule has 3 heterocycles. The summed E-state index contributed by atoms with van der Waals surface area (Å²) in [6.45, 7) is 7.53. The average Bonchev–Trinajstić information content (AvgIpc) is 3.54. The number of hydrogen-bond acceptors (Lipinski definition) is 6. The summed E-state index contributed by atoms with van der Waals surface area (Å²) in [5, 5.41) is 19.5. The second kappa shape index (κ2) is 10.1. The highest BCUT2D eigenvalue weighted by Crippen LogP contribution is 2.59. The summed E-state index contributed by atoms with van der Waals surface area (Å²) in [6, 6.07) is 14.0. The minimum atomic E-state index is -2.20. The van der Waals surface area contributed by atoms with E-state index in [-0.39, 0.29) is 30.1 Å². The van der Waals surface area contributed by atoms with Crippen LogP contribution in [0.1, 0.15) is 24.6 Å². The third-order valence-electron chi connectivity index (χ3n) is 8.52. The second-order valence-electron chi connectivity index (χ2n) is 10.9. The summed E-state index contributed by atoms with van der Waals surface area (Å²) < 4.78 is 14.2. The lowest BCUT2D eigenvalue weighted by atomic mass is 9.82. The lowest BCUT2D eigenvalue weighted by molar-refractivity contribution is -0.145. The number of carbonyl (C=O) groups is 1. The third-order valence-corrected chi connectivity index (χ3v) is 13.1. The van der Waals surface area contributed by atoms with E-state index in [1.54, 1.807) is 16.7 Å². The van der Waals surface area contributed by atoms with E-state index < -0.39 is 13.7 Å². The van der Waals surface area contributed by atoms with Gasteiger partial charge in [-0.1, -0.05) is 54.2 Å². The van der Waals surface area contributed by atoms with Gasteiger partial charge in [-0.15, -0.1) is 5.10 Å². The van der Waals surface area contributed by atoms with Crippen molar-refractivity contribution in [3.8, 4) is 5.75 Å². The van der Waals surface area contributed by atoms with E-state index in [1.165, 1.54) is 5.19 Å². The van der Waals surface area contributed by atoms with Crippen molar-refractivity contribution < 1.29 is 19.4 Å². The standard InChI is InChI=1S/C28H35ClN4O4Si/c1-18-26(38(4,5)22-9-7-21(36-3)8-10-22)25(12-14-33-17-20(13-15-34)30-31-33)37-28(18)23-16-19(29)6-11-24(23)32(2)27(28)35/h6-11,16-18,25-26,34H,12-15H2,1-5H3/t18-,25+,26-,28+/m0/s1. The number of anilines is 1. The smallest absolute Gasteiger partial charge is 0.264 e. The Bertz CT molecular complexity index is 1330. The fraction of sp³-hybridized carbons (Fsp3) is 0.464. The normalized spacial score (nSPS) is 24.9. The predicted octanol–water partition coefficient (Wildman–Crippen LogP) is 3.76. The van der Waals surface area contributed by atoms with E-state index >= 15 is 0 Å². The lowest BCUT2D eigenvalue weighted by Crippen LogP contribution is -2.51. The van der Waals surface area contributed by atoms with E-state index in [4.69, 9.17) is 21.1 Å². The number of ether oxygens (including phenoxy) is 2. The van der Waals surface area contributed by atoms with Crippen LogP contribution in [0.5, 0.6) is 5.75 Å². The molecule has 5 rings (SSSR count). The lowest BCUT2D eigenvalue weighted by Gasteiger charge is -2.37. The van der Waals surface area contributed by atoms with E-state index in [9.17, 15) is 9.90 Å². The molecule has 202 valence electrons. The Morgan fingerprint density at radius 3 is 2.63 bits per heavy atom. The summed E-state index contributed by atoms with van der Waals surface area (Å²) in [6.07, 6.45) is 2.84. The van der Waals surface area contributed by atoms with Gasteiger partial charge in [0.2, 0.25) is 0 Å². The average molecular weight is 555 g/mol. The van der Waals surface area contributed by atoms with Gasteiger partial charge in [-0.2, -0.15) is 0 Å². The van der Waals surface area contributed by atoms with Crippen molar-refractivity contribution in [2.75, 3.05) is 25.7 Å². The SMILES string of the molecule is COc1ccc([Si](C)(C)[C@@H]2[C@@H](CCn3cc(CCO)nn3)O[C@]3(C(=O)N(C)c4ccc(Cl)cc43)[C@H]2C)cc1. The van der Waals surface area contributed by atoms with Crippen LogP contribution in [0.3, 0.4) is 0 Å². The number of benzene rings is 2. The molecule has 0 radical (unpaired) electrons. The molecule has 1 spiro atoms. The molecule has 8 nitrogen and oxygen atoms in total.